The summed E-state index contributed by atoms with van der Waals surface area (Å²) in [5.74, 6) is 1.48. The monoisotopic (exact) mass is 362 g/mol. The molecule has 0 bridgehead atoms. The number of halogens is 1. The summed E-state index contributed by atoms with van der Waals surface area (Å²) in [6.45, 7) is 6.29. The van der Waals surface area contributed by atoms with Crippen molar-refractivity contribution in [3.8, 4) is 11.3 Å². The van der Waals surface area contributed by atoms with E-state index in [1.165, 1.54) is 0 Å². The molecule has 0 aliphatic carbocycles. The number of nitrogens with one attached hydrogen (secondary N) is 1. The molecule has 6 heteroatoms. The first kappa shape index (κ1) is 18.0. The van der Waals surface area contributed by atoms with Crippen LogP contribution < -0.4 is 5.32 Å². The molecule has 3 rings (SSSR count). The molecule has 1 aliphatic rings. The van der Waals surface area contributed by atoms with Crippen LogP contribution in [-0.2, 0) is 16.1 Å². The van der Waals surface area contributed by atoms with E-state index in [0.29, 0.717) is 24.7 Å². The van der Waals surface area contributed by atoms with Crippen molar-refractivity contribution < 1.29 is 13.9 Å². The molecule has 2 atom stereocenters. The van der Waals surface area contributed by atoms with Crippen LogP contribution in [0.15, 0.2) is 40.8 Å². The Morgan fingerprint density at radius 1 is 1.24 bits per heavy atom. The van der Waals surface area contributed by atoms with E-state index >= 15 is 0 Å². The summed E-state index contributed by atoms with van der Waals surface area (Å²) in [5, 5.41) is 3.61. The van der Waals surface area contributed by atoms with Gasteiger partial charge in [-0.25, -0.2) is 0 Å². The molecule has 5 nitrogen and oxygen atoms in total. The van der Waals surface area contributed by atoms with Crippen LogP contribution in [0.1, 0.15) is 19.6 Å². The lowest BCUT2D eigenvalue weighted by atomic mass is 10.2. The molecule has 1 fully saturated rings. The van der Waals surface area contributed by atoms with Crippen molar-refractivity contribution in [2.75, 3.05) is 19.7 Å². The van der Waals surface area contributed by atoms with Crippen molar-refractivity contribution in [2.45, 2.75) is 32.5 Å². The van der Waals surface area contributed by atoms with Gasteiger partial charge in [0, 0.05) is 23.2 Å². The third-order valence-corrected chi connectivity index (χ3v) is 4.59. The van der Waals surface area contributed by atoms with E-state index in [9.17, 15) is 4.79 Å². The van der Waals surface area contributed by atoms with Gasteiger partial charge in [-0.05, 0) is 50.2 Å². The SMILES string of the molecule is CC1CN(CC(=O)NCc2ccc(-c3ccc(Cl)cc3)o2)C(C)CO1. The van der Waals surface area contributed by atoms with Crippen LogP contribution in [0.5, 0.6) is 0 Å². The predicted molar refractivity (Wildman–Crippen MR) is 97.4 cm³/mol. The molecule has 2 heterocycles. The third-order valence-electron chi connectivity index (χ3n) is 4.33. The second kappa shape index (κ2) is 8.04. The van der Waals surface area contributed by atoms with Crippen LogP contribution in [0.4, 0.5) is 0 Å². The number of nitrogens with zero attached hydrogens (tertiary/aromatic N) is 1. The summed E-state index contributed by atoms with van der Waals surface area (Å²) in [4.78, 5) is 14.3. The zero-order valence-electron chi connectivity index (χ0n) is 14.5. The molecule has 0 spiro atoms. The third kappa shape index (κ3) is 4.84. The van der Waals surface area contributed by atoms with E-state index in [1.54, 1.807) is 0 Å². The fraction of sp³-hybridized carbons (Fsp3) is 0.421. The van der Waals surface area contributed by atoms with E-state index in [2.05, 4.69) is 17.1 Å². The standard InChI is InChI=1S/C19H23ClN2O3/c1-13-12-24-14(2)10-22(13)11-19(23)21-9-17-7-8-18(25-17)15-3-5-16(20)6-4-15/h3-8,13-14H,9-12H2,1-2H3,(H,21,23). The molecular weight excluding hydrogens is 340 g/mol. The molecule has 2 unspecified atom stereocenters. The highest BCUT2D eigenvalue weighted by Crippen LogP contribution is 2.23. The fourth-order valence-corrected chi connectivity index (χ4v) is 2.99. The number of furan rings is 1. The van der Waals surface area contributed by atoms with Gasteiger partial charge >= 0.3 is 0 Å². The molecular formula is C19H23ClN2O3. The van der Waals surface area contributed by atoms with Crippen LogP contribution in [-0.4, -0.2) is 42.6 Å². The first-order valence-corrected chi connectivity index (χ1v) is 8.86. The number of hydrogen-bond donors (Lipinski definition) is 1. The van der Waals surface area contributed by atoms with E-state index < -0.39 is 0 Å². The number of hydrogen-bond acceptors (Lipinski definition) is 4. The Balaban J connectivity index is 1.51. The van der Waals surface area contributed by atoms with Gasteiger partial charge in [0.25, 0.3) is 0 Å². The van der Waals surface area contributed by atoms with Gasteiger partial charge in [0.1, 0.15) is 11.5 Å². The molecule has 1 aromatic heterocycles. The maximum atomic E-state index is 12.2. The maximum absolute atomic E-state index is 12.2. The molecule has 1 N–H and O–H groups in total. The molecule has 25 heavy (non-hydrogen) atoms. The second-order valence-corrected chi connectivity index (χ2v) is 6.91. The van der Waals surface area contributed by atoms with E-state index in [-0.39, 0.29) is 18.1 Å². The Morgan fingerprint density at radius 3 is 2.76 bits per heavy atom. The Bertz CT molecular complexity index is 714. The van der Waals surface area contributed by atoms with E-state index in [0.717, 1.165) is 23.6 Å². The number of amides is 1. The van der Waals surface area contributed by atoms with Crippen LogP contribution in [0, 0.1) is 0 Å². The first-order chi connectivity index (χ1) is 12.0. The summed E-state index contributed by atoms with van der Waals surface area (Å²) in [6.07, 6.45) is 0.163. The van der Waals surface area contributed by atoms with Crippen LogP contribution in [0.3, 0.4) is 0 Å². The minimum absolute atomic E-state index is 0.00890. The Morgan fingerprint density at radius 2 is 2.00 bits per heavy atom. The summed E-state index contributed by atoms with van der Waals surface area (Å²) < 4.78 is 11.4. The number of rotatable bonds is 5. The first-order valence-electron chi connectivity index (χ1n) is 8.48. The van der Waals surface area contributed by atoms with Crippen molar-refractivity contribution in [1.82, 2.24) is 10.2 Å². The number of benzene rings is 1. The molecule has 1 aliphatic heterocycles. The highest BCUT2D eigenvalue weighted by Gasteiger charge is 2.25. The van der Waals surface area contributed by atoms with Crippen LogP contribution in [0.2, 0.25) is 5.02 Å². The Kier molecular flexibility index (Phi) is 5.78. The average molecular weight is 363 g/mol. The lowest BCUT2D eigenvalue weighted by molar-refractivity contribution is -0.126. The topological polar surface area (TPSA) is 54.7 Å². The van der Waals surface area contributed by atoms with Gasteiger partial charge in [0.05, 0.1) is 25.8 Å². The van der Waals surface area contributed by atoms with Gasteiger partial charge in [0.2, 0.25) is 5.91 Å². The highest BCUT2D eigenvalue weighted by molar-refractivity contribution is 6.30. The van der Waals surface area contributed by atoms with Gasteiger partial charge in [-0.3, -0.25) is 9.69 Å². The lowest BCUT2D eigenvalue weighted by Gasteiger charge is -2.36. The minimum Gasteiger partial charge on any atom is -0.459 e. The molecule has 1 saturated heterocycles. The van der Waals surface area contributed by atoms with Crippen LogP contribution in [0.25, 0.3) is 11.3 Å². The summed E-state index contributed by atoms with van der Waals surface area (Å²) in [6, 6.07) is 11.5. The van der Waals surface area contributed by atoms with Crippen molar-refractivity contribution >= 4 is 17.5 Å². The summed E-state index contributed by atoms with van der Waals surface area (Å²) in [5.41, 5.74) is 0.957. The molecule has 1 amide bonds. The predicted octanol–water partition coefficient (Wildman–Crippen LogP) is 3.33. The fourth-order valence-electron chi connectivity index (χ4n) is 2.86. The van der Waals surface area contributed by atoms with Crippen molar-refractivity contribution in [3.63, 3.8) is 0 Å². The molecule has 2 aromatic rings. The maximum Gasteiger partial charge on any atom is 0.234 e. The van der Waals surface area contributed by atoms with Crippen molar-refractivity contribution in [2.24, 2.45) is 0 Å². The number of carbonyl (C=O) groups is 1. The largest absolute Gasteiger partial charge is 0.459 e. The Hall–Kier alpha value is -1.82. The molecule has 0 saturated carbocycles. The second-order valence-electron chi connectivity index (χ2n) is 6.47. The van der Waals surface area contributed by atoms with Gasteiger partial charge in [-0.15, -0.1) is 0 Å². The van der Waals surface area contributed by atoms with Gasteiger partial charge in [-0.2, -0.15) is 0 Å². The quantitative estimate of drug-likeness (QED) is 0.886. The lowest BCUT2D eigenvalue weighted by Crippen LogP contribution is -2.50. The van der Waals surface area contributed by atoms with E-state index in [4.69, 9.17) is 20.8 Å². The van der Waals surface area contributed by atoms with Crippen molar-refractivity contribution in [3.05, 3.63) is 47.2 Å². The van der Waals surface area contributed by atoms with Crippen molar-refractivity contribution in [1.29, 1.82) is 0 Å². The number of ether oxygens (including phenoxy) is 1. The normalized spacial score (nSPS) is 21.2. The van der Waals surface area contributed by atoms with Gasteiger partial charge < -0.3 is 14.5 Å². The highest BCUT2D eigenvalue weighted by atomic mass is 35.5. The number of morpholine rings is 1. The molecule has 134 valence electrons. The minimum atomic E-state index is -0.00890. The summed E-state index contributed by atoms with van der Waals surface area (Å²) >= 11 is 5.90. The molecule has 1 aromatic carbocycles. The number of carbonyl (C=O) groups excluding carboxylic acids is 1. The van der Waals surface area contributed by atoms with Crippen LogP contribution >= 0.6 is 11.6 Å². The van der Waals surface area contributed by atoms with E-state index in [1.807, 2.05) is 43.3 Å². The van der Waals surface area contributed by atoms with Gasteiger partial charge in [-0.1, -0.05) is 11.6 Å². The summed E-state index contributed by atoms with van der Waals surface area (Å²) in [7, 11) is 0. The smallest absolute Gasteiger partial charge is 0.234 e. The Labute approximate surface area is 152 Å². The zero-order chi connectivity index (χ0) is 17.8. The van der Waals surface area contributed by atoms with Gasteiger partial charge in [0.15, 0.2) is 0 Å². The average Bonchev–Trinajstić information content (AvgIpc) is 3.06. The zero-order valence-corrected chi connectivity index (χ0v) is 15.3. The molecule has 0 radical (unpaired) electrons.